The van der Waals surface area contributed by atoms with E-state index in [4.69, 9.17) is 0 Å². The van der Waals surface area contributed by atoms with E-state index in [0.29, 0.717) is 23.9 Å². The second-order valence-corrected chi connectivity index (χ2v) is 6.47. The van der Waals surface area contributed by atoms with Crippen LogP contribution in [0.15, 0.2) is 0 Å². The Morgan fingerprint density at radius 2 is 2.11 bits per heavy atom. The molecule has 0 aromatic rings. The van der Waals surface area contributed by atoms with Gasteiger partial charge in [-0.05, 0) is 57.4 Å². The van der Waals surface area contributed by atoms with Gasteiger partial charge in [-0.25, -0.2) is 0 Å². The van der Waals surface area contributed by atoms with Crippen molar-refractivity contribution in [2.24, 2.45) is 11.8 Å². The van der Waals surface area contributed by atoms with E-state index in [-0.39, 0.29) is 6.04 Å². The number of nitrogens with zero attached hydrogens (tertiary/aromatic N) is 1. The first-order valence-corrected chi connectivity index (χ1v) is 7.78. The fourth-order valence-electron chi connectivity index (χ4n) is 4.49. The van der Waals surface area contributed by atoms with Crippen LogP contribution in [-0.2, 0) is 4.79 Å². The van der Waals surface area contributed by atoms with Crippen molar-refractivity contribution in [3.63, 3.8) is 0 Å². The number of amides is 1. The molecule has 102 valence electrons. The highest BCUT2D eigenvalue weighted by molar-refractivity contribution is 5.83. The Balaban J connectivity index is 1.73. The van der Waals surface area contributed by atoms with Gasteiger partial charge in [0.15, 0.2) is 0 Å². The predicted octanol–water partition coefficient (Wildman–Crippen LogP) is 2.16. The van der Waals surface area contributed by atoms with Crippen molar-refractivity contribution in [3.8, 4) is 0 Å². The fourth-order valence-corrected chi connectivity index (χ4v) is 4.49. The van der Waals surface area contributed by atoms with Crippen molar-refractivity contribution >= 4 is 5.91 Å². The molecule has 5 unspecified atom stereocenters. The highest BCUT2D eigenvalue weighted by Gasteiger charge is 2.46. The minimum atomic E-state index is 0.132. The summed E-state index contributed by atoms with van der Waals surface area (Å²) in [6.07, 6.45) is 7.40. The summed E-state index contributed by atoms with van der Waals surface area (Å²) in [6.45, 7) is 5.50. The normalized spacial score (nSPS) is 43.4. The summed E-state index contributed by atoms with van der Waals surface area (Å²) >= 11 is 0. The van der Waals surface area contributed by atoms with Crippen LogP contribution < -0.4 is 5.32 Å². The van der Waals surface area contributed by atoms with E-state index < -0.39 is 0 Å². The smallest absolute Gasteiger partial charge is 0.240 e. The van der Waals surface area contributed by atoms with E-state index >= 15 is 0 Å². The number of fused-ring (bicyclic) bond motifs is 1. The van der Waals surface area contributed by atoms with E-state index in [0.717, 1.165) is 18.9 Å². The van der Waals surface area contributed by atoms with Gasteiger partial charge in [0.25, 0.3) is 0 Å². The standard InChI is InChI=1S/C15H26N2O/c1-3-12-8-7-10(2)17(12)15(18)14-13-6-4-5-11(13)9-16-14/h10-14,16H,3-9H2,1-2H3. The molecule has 3 nitrogen and oxygen atoms in total. The van der Waals surface area contributed by atoms with Crippen LogP contribution in [0.25, 0.3) is 0 Å². The lowest BCUT2D eigenvalue weighted by Crippen LogP contribution is -2.50. The zero-order valence-electron chi connectivity index (χ0n) is 11.7. The molecule has 1 saturated carbocycles. The van der Waals surface area contributed by atoms with Crippen LogP contribution in [0.1, 0.15) is 52.4 Å². The number of hydrogen-bond donors (Lipinski definition) is 1. The Morgan fingerprint density at radius 3 is 2.89 bits per heavy atom. The topological polar surface area (TPSA) is 32.3 Å². The molecule has 5 atom stereocenters. The maximum atomic E-state index is 12.8. The largest absolute Gasteiger partial charge is 0.336 e. The fraction of sp³-hybridized carbons (Fsp3) is 0.933. The van der Waals surface area contributed by atoms with Gasteiger partial charge >= 0.3 is 0 Å². The van der Waals surface area contributed by atoms with Gasteiger partial charge in [-0.3, -0.25) is 4.79 Å². The van der Waals surface area contributed by atoms with Crippen molar-refractivity contribution in [1.82, 2.24) is 10.2 Å². The molecule has 2 saturated heterocycles. The Kier molecular flexibility index (Phi) is 3.35. The van der Waals surface area contributed by atoms with Gasteiger partial charge in [-0.2, -0.15) is 0 Å². The minimum absolute atomic E-state index is 0.132. The summed E-state index contributed by atoms with van der Waals surface area (Å²) in [7, 11) is 0. The molecule has 1 amide bonds. The molecule has 0 bridgehead atoms. The van der Waals surface area contributed by atoms with Crippen molar-refractivity contribution < 1.29 is 4.79 Å². The summed E-state index contributed by atoms with van der Waals surface area (Å²) in [4.78, 5) is 15.0. The Bertz CT molecular complexity index is 330. The first kappa shape index (κ1) is 12.5. The van der Waals surface area contributed by atoms with Crippen molar-refractivity contribution in [2.45, 2.75) is 70.5 Å². The van der Waals surface area contributed by atoms with Crippen LogP contribution in [0.5, 0.6) is 0 Å². The average Bonchev–Trinajstić information content (AvgIpc) is 3.01. The number of rotatable bonds is 2. The van der Waals surface area contributed by atoms with Crippen molar-refractivity contribution in [3.05, 3.63) is 0 Å². The molecule has 18 heavy (non-hydrogen) atoms. The van der Waals surface area contributed by atoms with Crippen LogP contribution in [0, 0.1) is 11.8 Å². The molecule has 3 fully saturated rings. The summed E-state index contributed by atoms with van der Waals surface area (Å²) in [6, 6.07) is 1.08. The molecule has 3 aliphatic rings. The van der Waals surface area contributed by atoms with E-state index in [2.05, 4.69) is 24.1 Å². The number of likely N-dealkylation sites (tertiary alicyclic amines) is 1. The molecule has 2 heterocycles. The van der Waals surface area contributed by atoms with Gasteiger partial charge in [0.1, 0.15) is 0 Å². The summed E-state index contributed by atoms with van der Waals surface area (Å²) < 4.78 is 0. The Labute approximate surface area is 110 Å². The third kappa shape index (κ3) is 1.87. The summed E-state index contributed by atoms with van der Waals surface area (Å²) in [5, 5.41) is 3.51. The molecule has 1 aliphatic carbocycles. The molecule has 1 N–H and O–H groups in total. The van der Waals surface area contributed by atoms with Crippen LogP contribution >= 0.6 is 0 Å². The lowest BCUT2D eigenvalue weighted by Gasteiger charge is -2.32. The van der Waals surface area contributed by atoms with Crippen LogP contribution in [-0.4, -0.2) is 35.5 Å². The maximum absolute atomic E-state index is 12.8. The molecule has 3 heteroatoms. The highest BCUT2D eigenvalue weighted by atomic mass is 16.2. The van der Waals surface area contributed by atoms with Crippen LogP contribution in [0.3, 0.4) is 0 Å². The SMILES string of the molecule is CCC1CCC(C)N1C(=O)C1NCC2CCCC21. The monoisotopic (exact) mass is 250 g/mol. The van der Waals surface area contributed by atoms with E-state index in [1.54, 1.807) is 0 Å². The van der Waals surface area contributed by atoms with E-state index in [9.17, 15) is 4.79 Å². The number of nitrogens with one attached hydrogen (secondary N) is 1. The molecule has 0 aromatic carbocycles. The number of carbonyl (C=O) groups is 1. The third-order valence-corrected chi connectivity index (χ3v) is 5.52. The second-order valence-electron chi connectivity index (χ2n) is 6.47. The van der Waals surface area contributed by atoms with Gasteiger partial charge in [-0.1, -0.05) is 13.3 Å². The van der Waals surface area contributed by atoms with Gasteiger partial charge in [-0.15, -0.1) is 0 Å². The Hall–Kier alpha value is -0.570. The molecule has 0 spiro atoms. The van der Waals surface area contributed by atoms with Gasteiger partial charge in [0, 0.05) is 12.1 Å². The summed E-state index contributed by atoms with van der Waals surface area (Å²) in [5.74, 6) is 1.81. The van der Waals surface area contributed by atoms with Gasteiger partial charge in [0.2, 0.25) is 5.91 Å². The van der Waals surface area contributed by atoms with E-state index in [1.807, 2.05) is 0 Å². The van der Waals surface area contributed by atoms with Crippen molar-refractivity contribution in [1.29, 1.82) is 0 Å². The minimum Gasteiger partial charge on any atom is -0.336 e. The number of hydrogen-bond acceptors (Lipinski definition) is 2. The van der Waals surface area contributed by atoms with Crippen LogP contribution in [0.4, 0.5) is 0 Å². The zero-order chi connectivity index (χ0) is 12.7. The molecule has 2 aliphatic heterocycles. The summed E-state index contributed by atoms with van der Waals surface area (Å²) in [5.41, 5.74) is 0. The van der Waals surface area contributed by atoms with E-state index in [1.165, 1.54) is 32.1 Å². The quantitative estimate of drug-likeness (QED) is 0.814. The molecule has 0 aromatic heterocycles. The lowest BCUT2D eigenvalue weighted by molar-refractivity contribution is -0.136. The second kappa shape index (κ2) is 4.84. The highest BCUT2D eigenvalue weighted by Crippen LogP contribution is 2.39. The average molecular weight is 250 g/mol. The first-order chi connectivity index (χ1) is 8.72. The van der Waals surface area contributed by atoms with Gasteiger partial charge in [0.05, 0.1) is 6.04 Å². The Morgan fingerprint density at radius 1 is 1.28 bits per heavy atom. The van der Waals surface area contributed by atoms with Crippen molar-refractivity contribution in [2.75, 3.05) is 6.54 Å². The molecular formula is C15H26N2O. The van der Waals surface area contributed by atoms with Gasteiger partial charge < -0.3 is 10.2 Å². The first-order valence-electron chi connectivity index (χ1n) is 7.78. The lowest BCUT2D eigenvalue weighted by atomic mass is 9.93. The molecule has 0 radical (unpaired) electrons. The van der Waals surface area contributed by atoms with Crippen LogP contribution in [0.2, 0.25) is 0 Å². The number of carbonyl (C=O) groups excluding carboxylic acids is 1. The molecular weight excluding hydrogens is 224 g/mol. The maximum Gasteiger partial charge on any atom is 0.240 e. The molecule has 3 rings (SSSR count). The zero-order valence-corrected chi connectivity index (χ0v) is 11.7. The predicted molar refractivity (Wildman–Crippen MR) is 72.2 cm³/mol. The third-order valence-electron chi connectivity index (χ3n) is 5.52.